The Morgan fingerprint density at radius 1 is 1.18 bits per heavy atom. The summed E-state index contributed by atoms with van der Waals surface area (Å²) in [6.07, 6.45) is 2.71. The van der Waals surface area contributed by atoms with E-state index in [1.54, 1.807) is 25.1 Å². The quantitative estimate of drug-likeness (QED) is 0.250. The van der Waals surface area contributed by atoms with Crippen LogP contribution in [0, 0.1) is 0 Å². The van der Waals surface area contributed by atoms with E-state index in [1.807, 2.05) is 0 Å². The molecule has 1 N–H and O–H groups in total. The van der Waals surface area contributed by atoms with Gasteiger partial charge < -0.3 is 18.8 Å². The van der Waals surface area contributed by atoms with Gasteiger partial charge in [-0.2, -0.15) is 5.10 Å². The van der Waals surface area contributed by atoms with Crippen LogP contribution in [0.5, 0.6) is 11.5 Å². The molecule has 0 bridgehead atoms. The highest BCUT2D eigenvalue weighted by molar-refractivity contribution is 5.84. The summed E-state index contributed by atoms with van der Waals surface area (Å²) >= 11 is 0. The van der Waals surface area contributed by atoms with Crippen LogP contribution in [0.3, 0.4) is 0 Å². The second-order valence-corrected chi connectivity index (χ2v) is 7.05. The van der Waals surface area contributed by atoms with Crippen molar-refractivity contribution >= 4 is 29.3 Å². The van der Waals surface area contributed by atoms with Crippen molar-refractivity contribution < 1.29 is 23.8 Å². The van der Waals surface area contributed by atoms with E-state index in [9.17, 15) is 19.2 Å². The lowest BCUT2D eigenvalue weighted by molar-refractivity contribution is -0.145. The lowest BCUT2D eigenvalue weighted by Crippen LogP contribution is -2.37. The van der Waals surface area contributed by atoms with Crippen molar-refractivity contribution in [2.75, 3.05) is 20.3 Å². The Kier molecular flexibility index (Phi) is 7.46. The fourth-order valence-electron chi connectivity index (χ4n) is 3.15. The van der Waals surface area contributed by atoms with Gasteiger partial charge >= 0.3 is 11.7 Å². The van der Waals surface area contributed by atoms with E-state index >= 15 is 0 Å². The van der Waals surface area contributed by atoms with Gasteiger partial charge in [0.2, 0.25) is 0 Å². The topological polar surface area (TPSA) is 148 Å². The van der Waals surface area contributed by atoms with Gasteiger partial charge in [-0.05, 0) is 30.7 Å². The van der Waals surface area contributed by atoms with E-state index in [1.165, 1.54) is 42.9 Å². The number of aromatic nitrogens is 4. The fraction of sp³-hybridized carbons (Fsp3) is 0.333. The minimum atomic E-state index is -0.543. The fourth-order valence-corrected chi connectivity index (χ4v) is 3.15. The molecule has 0 fully saturated rings. The third kappa shape index (κ3) is 5.14. The summed E-state index contributed by atoms with van der Waals surface area (Å²) < 4.78 is 19.1. The number of hydrogen-bond acceptors (Lipinski definition) is 9. The number of esters is 1. The van der Waals surface area contributed by atoms with Crippen molar-refractivity contribution in [2.45, 2.75) is 13.5 Å². The van der Waals surface area contributed by atoms with Gasteiger partial charge in [0.1, 0.15) is 12.2 Å². The third-order valence-electron chi connectivity index (χ3n) is 4.76. The molecule has 13 nitrogen and oxygen atoms in total. The van der Waals surface area contributed by atoms with Crippen LogP contribution in [0.25, 0.3) is 11.2 Å². The molecule has 0 saturated heterocycles. The SMILES string of the molecule is CCOC(=O)COc1ccc(C=NNC(=O)Cn2cnc3c(=O)n(C)c(=O)n(C)c32)cc1OC. The predicted octanol–water partition coefficient (Wildman–Crippen LogP) is -0.465. The number of fused-ring (bicyclic) bond motifs is 1. The highest BCUT2D eigenvalue weighted by Gasteiger charge is 2.15. The molecule has 3 aromatic rings. The number of carbonyl (C=O) groups is 2. The van der Waals surface area contributed by atoms with Crippen LogP contribution in [0.1, 0.15) is 12.5 Å². The number of nitrogens with one attached hydrogen (secondary N) is 1. The monoisotopic (exact) mass is 472 g/mol. The van der Waals surface area contributed by atoms with Gasteiger partial charge in [-0.1, -0.05) is 0 Å². The number of carbonyl (C=O) groups excluding carboxylic acids is 2. The molecule has 13 heteroatoms. The van der Waals surface area contributed by atoms with E-state index in [2.05, 4.69) is 15.5 Å². The van der Waals surface area contributed by atoms with Gasteiger partial charge in [0.25, 0.3) is 11.5 Å². The van der Waals surface area contributed by atoms with Crippen molar-refractivity contribution in [3.05, 3.63) is 50.9 Å². The molecule has 2 heterocycles. The number of rotatable bonds is 9. The molecule has 1 aromatic carbocycles. The second kappa shape index (κ2) is 10.5. The van der Waals surface area contributed by atoms with Gasteiger partial charge in [0.15, 0.2) is 23.6 Å². The molecule has 0 aliphatic carbocycles. The van der Waals surface area contributed by atoms with Crippen LogP contribution in [0.2, 0.25) is 0 Å². The molecule has 2 aromatic heterocycles. The molecule has 0 aliphatic rings. The first kappa shape index (κ1) is 24.2. The lowest BCUT2D eigenvalue weighted by atomic mass is 10.2. The number of benzene rings is 1. The molecule has 0 aliphatic heterocycles. The first-order chi connectivity index (χ1) is 16.3. The maximum Gasteiger partial charge on any atom is 0.344 e. The van der Waals surface area contributed by atoms with Crippen LogP contribution in [-0.2, 0) is 35.0 Å². The molecular formula is C21H24N6O7. The van der Waals surface area contributed by atoms with Crippen LogP contribution >= 0.6 is 0 Å². The van der Waals surface area contributed by atoms with Crippen LogP contribution < -0.4 is 26.1 Å². The summed E-state index contributed by atoms with van der Waals surface area (Å²) in [4.78, 5) is 52.2. The number of imidazole rings is 1. The van der Waals surface area contributed by atoms with Crippen molar-refractivity contribution in [3.8, 4) is 11.5 Å². The Bertz CT molecular complexity index is 1370. The summed E-state index contributed by atoms with van der Waals surface area (Å²) in [7, 11) is 4.30. The predicted molar refractivity (Wildman–Crippen MR) is 121 cm³/mol. The number of hydrogen-bond donors (Lipinski definition) is 1. The highest BCUT2D eigenvalue weighted by Crippen LogP contribution is 2.27. The van der Waals surface area contributed by atoms with Crippen LogP contribution in [-0.4, -0.2) is 57.1 Å². The van der Waals surface area contributed by atoms with Gasteiger partial charge in [0.05, 0.1) is 26.3 Å². The van der Waals surface area contributed by atoms with Crippen molar-refractivity contribution in [1.29, 1.82) is 0 Å². The average Bonchev–Trinajstić information content (AvgIpc) is 3.24. The zero-order valence-electron chi connectivity index (χ0n) is 19.1. The minimum absolute atomic E-state index is 0.0817. The minimum Gasteiger partial charge on any atom is -0.493 e. The van der Waals surface area contributed by atoms with Gasteiger partial charge in [0, 0.05) is 14.1 Å². The molecule has 3 rings (SSSR count). The van der Waals surface area contributed by atoms with E-state index in [0.717, 1.165) is 4.57 Å². The van der Waals surface area contributed by atoms with E-state index < -0.39 is 23.1 Å². The van der Waals surface area contributed by atoms with E-state index in [0.29, 0.717) is 17.1 Å². The molecule has 180 valence electrons. The van der Waals surface area contributed by atoms with E-state index in [4.69, 9.17) is 14.2 Å². The molecule has 0 atom stereocenters. The number of amides is 1. The average molecular weight is 472 g/mol. The molecule has 1 amide bonds. The Hall–Kier alpha value is -4.42. The summed E-state index contributed by atoms with van der Waals surface area (Å²) in [6, 6.07) is 4.87. The Morgan fingerprint density at radius 2 is 1.94 bits per heavy atom. The molecule has 0 radical (unpaired) electrons. The van der Waals surface area contributed by atoms with Crippen molar-refractivity contribution in [3.63, 3.8) is 0 Å². The summed E-state index contributed by atoms with van der Waals surface area (Å²) in [5.41, 5.74) is 2.22. The standard InChI is InChI=1S/C21H24N6O7/c1-5-33-17(29)11-34-14-7-6-13(8-15(14)32-4)9-23-24-16(28)10-27-12-22-18-19(27)25(2)21(31)26(3)20(18)30/h6-9,12H,5,10-11H2,1-4H3,(H,24,28). The molecule has 0 unspecified atom stereocenters. The van der Waals surface area contributed by atoms with Crippen molar-refractivity contribution in [1.82, 2.24) is 24.1 Å². The number of hydrazone groups is 1. The number of nitrogens with zero attached hydrogens (tertiary/aromatic N) is 5. The second-order valence-electron chi connectivity index (χ2n) is 7.05. The maximum atomic E-state index is 12.3. The van der Waals surface area contributed by atoms with Gasteiger partial charge in [-0.3, -0.25) is 18.7 Å². The van der Waals surface area contributed by atoms with Crippen LogP contribution in [0.4, 0.5) is 0 Å². The Balaban J connectivity index is 1.67. The first-order valence-corrected chi connectivity index (χ1v) is 10.2. The van der Waals surface area contributed by atoms with Crippen LogP contribution in [0.15, 0.2) is 39.2 Å². The Morgan fingerprint density at radius 3 is 2.65 bits per heavy atom. The zero-order chi connectivity index (χ0) is 24.8. The number of methoxy groups -OCH3 is 1. The normalized spacial score (nSPS) is 11.1. The molecule has 0 spiro atoms. The first-order valence-electron chi connectivity index (χ1n) is 10.2. The number of aryl methyl sites for hydroxylation is 1. The summed E-state index contributed by atoms with van der Waals surface area (Å²) in [5, 5.41) is 3.91. The zero-order valence-corrected chi connectivity index (χ0v) is 19.1. The smallest absolute Gasteiger partial charge is 0.344 e. The maximum absolute atomic E-state index is 12.3. The summed E-state index contributed by atoms with van der Waals surface area (Å²) in [6.45, 7) is 1.49. The van der Waals surface area contributed by atoms with E-state index in [-0.39, 0.29) is 30.9 Å². The third-order valence-corrected chi connectivity index (χ3v) is 4.76. The lowest BCUT2D eigenvalue weighted by Gasteiger charge is -2.10. The highest BCUT2D eigenvalue weighted by atomic mass is 16.6. The largest absolute Gasteiger partial charge is 0.493 e. The molecule has 0 saturated carbocycles. The molecule has 34 heavy (non-hydrogen) atoms. The molecular weight excluding hydrogens is 448 g/mol. The Labute approximate surface area is 193 Å². The van der Waals surface area contributed by atoms with Gasteiger partial charge in [-0.15, -0.1) is 0 Å². The van der Waals surface area contributed by atoms with Crippen molar-refractivity contribution in [2.24, 2.45) is 19.2 Å². The number of ether oxygens (including phenoxy) is 3. The summed E-state index contributed by atoms with van der Waals surface area (Å²) in [5.74, 6) is -0.276. The van der Waals surface area contributed by atoms with Gasteiger partial charge in [-0.25, -0.2) is 20.0 Å².